The van der Waals surface area contributed by atoms with Gasteiger partial charge in [0.15, 0.2) is 0 Å². The fourth-order valence-corrected chi connectivity index (χ4v) is 7.84. The number of methoxy groups -OCH3 is 1. The number of piperazine rings is 1. The number of hydrogen-bond donors (Lipinski definition) is 1. The Morgan fingerprint density at radius 1 is 1.02 bits per heavy atom. The highest BCUT2D eigenvalue weighted by Crippen LogP contribution is 2.32. The van der Waals surface area contributed by atoms with Crippen LogP contribution < -0.4 is 10.1 Å². The summed E-state index contributed by atoms with van der Waals surface area (Å²) in [7, 11) is -0.0328. The van der Waals surface area contributed by atoms with Crippen molar-refractivity contribution < 1.29 is 22.7 Å². The smallest absolute Gasteiger partial charge is 0.246 e. The molecule has 2 aliphatic rings. The van der Waals surface area contributed by atoms with Gasteiger partial charge in [0.1, 0.15) is 12.4 Å². The number of rotatable bonds is 11. The molecule has 220 valence electrons. The molecule has 2 aromatic carbocycles. The zero-order chi connectivity index (χ0) is 28.7. The van der Waals surface area contributed by atoms with Crippen LogP contribution in [-0.2, 0) is 19.6 Å². The molecule has 0 aliphatic carbocycles. The molecule has 0 spiro atoms. The van der Waals surface area contributed by atoms with E-state index in [0.717, 1.165) is 51.1 Å². The zero-order valence-electron chi connectivity index (χ0n) is 24.3. The number of likely N-dealkylation sites (N-methyl/N-ethyl adjacent to an activating group) is 1. The van der Waals surface area contributed by atoms with Gasteiger partial charge in [-0.2, -0.15) is 4.31 Å². The van der Waals surface area contributed by atoms with Gasteiger partial charge in [-0.3, -0.25) is 9.69 Å². The first kappa shape index (κ1) is 30.5. The van der Waals surface area contributed by atoms with Crippen molar-refractivity contribution in [3.8, 4) is 5.75 Å². The van der Waals surface area contributed by atoms with Gasteiger partial charge in [-0.15, -0.1) is 0 Å². The van der Waals surface area contributed by atoms with Gasteiger partial charge in [-0.25, -0.2) is 8.42 Å². The van der Waals surface area contributed by atoms with Gasteiger partial charge >= 0.3 is 0 Å². The van der Waals surface area contributed by atoms with Gasteiger partial charge in [0.2, 0.25) is 15.9 Å². The minimum absolute atomic E-state index is 0.114. The number of aryl methyl sites for hydroxylation is 2. The predicted octanol–water partition coefficient (Wildman–Crippen LogP) is 2.98. The van der Waals surface area contributed by atoms with Crippen molar-refractivity contribution in [3.63, 3.8) is 0 Å². The van der Waals surface area contributed by atoms with Crippen molar-refractivity contribution in [1.82, 2.24) is 19.4 Å². The third kappa shape index (κ3) is 7.61. The van der Waals surface area contributed by atoms with E-state index in [9.17, 15) is 13.2 Å². The number of ether oxygens (including phenoxy) is 2. The second kappa shape index (κ2) is 13.9. The molecular weight excluding hydrogens is 528 g/mol. The number of sulfonamides is 1. The molecule has 10 heteroatoms. The van der Waals surface area contributed by atoms with Crippen LogP contribution in [0.25, 0.3) is 0 Å². The van der Waals surface area contributed by atoms with E-state index in [-0.39, 0.29) is 31.2 Å². The summed E-state index contributed by atoms with van der Waals surface area (Å²) in [6, 6.07) is 13.1. The van der Waals surface area contributed by atoms with Crippen LogP contribution in [0.1, 0.15) is 42.0 Å². The summed E-state index contributed by atoms with van der Waals surface area (Å²) in [4.78, 5) is 18.0. The Kier molecular flexibility index (Phi) is 10.6. The van der Waals surface area contributed by atoms with Gasteiger partial charge < -0.3 is 19.7 Å². The Labute approximate surface area is 239 Å². The van der Waals surface area contributed by atoms with E-state index in [1.807, 2.05) is 30.3 Å². The lowest BCUT2D eigenvalue weighted by molar-refractivity contribution is -0.127. The van der Waals surface area contributed by atoms with Gasteiger partial charge in [-0.05, 0) is 62.6 Å². The highest BCUT2D eigenvalue weighted by Gasteiger charge is 2.35. The maximum atomic E-state index is 13.8. The van der Waals surface area contributed by atoms with Crippen molar-refractivity contribution >= 4 is 15.9 Å². The molecule has 2 saturated heterocycles. The van der Waals surface area contributed by atoms with Gasteiger partial charge in [0, 0.05) is 45.3 Å². The number of carbonyl (C=O) groups excluding carboxylic acids is 1. The molecule has 40 heavy (non-hydrogen) atoms. The lowest BCUT2D eigenvalue weighted by Crippen LogP contribution is -2.48. The lowest BCUT2D eigenvalue weighted by atomic mass is 10.1. The SMILES string of the molecule is COc1cc(C)c(S(=O)(=O)N2CCCCC2COCC(=O)NC(CN2CCN(C)CC2)c2ccccc2)c(C)c1. The van der Waals surface area contributed by atoms with Crippen molar-refractivity contribution in [2.45, 2.75) is 50.1 Å². The van der Waals surface area contributed by atoms with Crippen LogP contribution in [0.2, 0.25) is 0 Å². The molecule has 2 aromatic rings. The fraction of sp³-hybridized carbons (Fsp3) is 0.567. The van der Waals surface area contributed by atoms with Crippen LogP contribution >= 0.6 is 0 Å². The second-order valence-corrected chi connectivity index (χ2v) is 12.8. The molecule has 2 heterocycles. The van der Waals surface area contributed by atoms with E-state index < -0.39 is 10.0 Å². The normalized spacial score (nSPS) is 20.2. The Hall–Kier alpha value is -2.50. The van der Waals surface area contributed by atoms with Crippen molar-refractivity contribution in [1.29, 1.82) is 0 Å². The number of nitrogens with one attached hydrogen (secondary N) is 1. The number of hydrogen-bond acceptors (Lipinski definition) is 7. The average Bonchev–Trinajstić information content (AvgIpc) is 2.94. The van der Waals surface area contributed by atoms with Crippen LogP contribution in [0, 0.1) is 13.8 Å². The first-order valence-electron chi connectivity index (χ1n) is 14.2. The molecule has 1 N–H and O–H groups in total. The van der Waals surface area contributed by atoms with E-state index in [2.05, 4.69) is 22.2 Å². The van der Waals surface area contributed by atoms with E-state index in [0.29, 0.717) is 34.7 Å². The van der Waals surface area contributed by atoms with Gasteiger partial charge in [-0.1, -0.05) is 36.8 Å². The van der Waals surface area contributed by atoms with Crippen LogP contribution in [-0.4, -0.2) is 101 Å². The maximum Gasteiger partial charge on any atom is 0.246 e. The predicted molar refractivity (Wildman–Crippen MR) is 156 cm³/mol. The maximum absolute atomic E-state index is 13.8. The van der Waals surface area contributed by atoms with Crippen LogP contribution in [0.3, 0.4) is 0 Å². The zero-order valence-corrected chi connectivity index (χ0v) is 25.1. The van der Waals surface area contributed by atoms with E-state index in [1.54, 1.807) is 37.4 Å². The molecule has 0 saturated carbocycles. The minimum Gasteiger partial charge on any atom is -0.497 e. The van der Waals surface area contributed by atoms with Crippen molar-refractivity contribution in [3.05, 3.63) is 59.2 Å². The Balaban J connectivity index is 1.38. The number of benzene rings is 2. The van der Waals surface area contributed by atoms with E-state index in [4.69, 9.17) is 9.47 Å². The molecule has 9 nitrogen and oxygen atoms in total. The third-order valence-electron chi connectivity index (χ3n) is 7.93. The fourth-order valence-electron chi connectivity index (χ4n) is 5.74. The molecule has 2 atom stereocenters. The number of piperidine rings is 1. The molecule has 0 bridgehead atoms. The average molecular weight is 573 g/mol. The Bertz CT molecular complexity index is 1210. The van der Waals surface area contributed by atoms with Crippen LogP contribution in [0.15, 0.2) is 47.4 Å². The van der Waals surface area contributed by atoms with Crippen LogP contribution in [0.5, 0.6) is 5.75 Å². The highest BCUT2D eigenvalue weighted by molar-refractivity contribution is 7.89. The van der Waals surface area contributed by atoms with Gasteiger partial charge in [0.05, 0.1) is 24.7 Å². The summed E-state index contributed by atoms with van der Waals surface area (Å²) in [5, 5.41) is 3.16. The van der Waals surface area contributed by atoms with Crippen molar-refractivity contribution in [2.75, 3.05) is 66.6 Å². The summed E-state index contributed by atoms with van der Waals surface area (Å²) in [6.07, 6.45) is 2.43. The summed E-state index contributed by atoms with van der Waals surface area (Å²) < 4.78 is 40.3. The van der Waals surface area contributed by atoms with Crippen molar-refractivity contribution in [2.24, 2.45) is 0 Å². The molecule has 2 aliphatic heterocycles. The number of amides is 1. The summed E-state index contributed by atoms with van der Waals surface area (Å²) in [5.41, 5.74) is 2.38. The molecular formula is C30H44N4O5S. The topological polar surface area (TPSA) is 91.4 Å². The molecule has 0 aromatic heterocycles. The molecule has 4 rings (SSSR count). The third-order valence-corrected chi connectivity index (χ3v) is 10.2. The number of nitrogens with zero attached hydrogens (tertiary/aromatic N) is 3. The van der Waals surface area contributed by atoms with E-state index >= 15 is 0 Å². The largest absolute Gasteiger partial charge is 0.497 e. The molecule has 2 unspecified atom stereocenters. The Morgan fingerprint density at radius 2 is 1.70 bits per heavy atom. The highest BCUT2D eigenvalue weighted by atomic mass is 32.2. The second-order valence-electron chi connectivity index (χ2n) is 11.0. The van der Waals surface area contributed by atoms with Gasteiger partial charge in [0.25, 0.3) is 0 Å². The first-order valence-corrected chi connectivity index (χ1v) is 15.6. The number of carbonyl (C=O) groups is 1. The lowest BCUT2D eigenvalue weighted by Gasteiger charge is -2.35. The minimum atomic E-state index is -3.74. The van der Waals surface area contributed by atoms with Crippen LogP contribution in [0.4, 0.5) is 0 Å². The molecule has 1 amide bonds. The quantitative estimate of drug-likeness (QED) is 0.443. The van der Waals surface area contributed by atoms with E-state index in [1.165, 1.54) is 0 Å². The monoisotopic (exact) mass is 572 g/mol. The Morgan fingerprint density at radius 3 is 2.35 bits per heavy atom. The first-order chi connectivity index (χ1) is 19.2. The molecule has 0 radical (unpaired) electrons. The summed E-state index contributed by atoms with van der Waals surface area (Å²) in [6.45, 7) is 8.78. The standard InChI is InChI=1S/C30H44N4O5S/c1-23-18-27(38-4)19-24(2)30(23)40(36,37)34-13-9-8-12-26(34)21-39-22-29(35)31-28(25-10-6-5-7-11-25)20-33-16-14-32(3)15-17-33/h5-7,10-11,18-19,26,28H,8-9,12-17,20-22H2,1-4H3,(H,31,35). The summed E-state index contributed by atoms with van der Waals surface area (Å²) in [5.74, 6) is 0.440. The molecule has 2 fully saturated rings. The summed E-state index contributed by atoms with van der Waals surface area (Å²) >= 11 is 0.